The SMILES string of the molecule is COc1ccc(-c2cccc(CCC(C)CCN)c2)cc1. The van der Waals surface area contributed by atoms with Crippen molar-refractivity contribution in [1.82, 2.24) is 0 Å². The molecule has 0 heterocycles. The van der Waals surface area contributed by atoms with E-state index in [1.54, 1.807) is 7.11 Å². The maximum Gasteiger partial charge on any atom is 0.118 e. The summed E-state index contributed by atoms with van der Waals surface area (Å²) in [5, 5.41) is 0. The Morgan fingerprint density at radius 1 is 1.00 bits per heavy atom. The van der Waals surface area contributed by atoms with Gasteiger partial charge in [0.25, 0.3) is 0 Å². The first-order valence-electron chi connectivity index (χ1n) is 7.66. The van der Waals surface area contributed by atoms with Crippen molar-refractivity contribution in [3.8, 4) is 16.9 Å². The molecule has 2 nitrogen and oxygen atoms in total. The first-order valence-corrected chi connectivity index (χ1v) is 7.66. The second kappa shape index (κ2) is 7.84. The molecular weight excluding hydrogens is 258 g/mol. The van der Waals surface area contributed by atoms with Gasteiger partial charge in [-0.1, -0.05) is 43.3 Å². The number of ether oxygens (including phenoxy) is 1. The van der Waals surface area contributed by atoms with Crippen molar-refractivity contribution >= 4 is 0 Å². The molecule has 0 spiro atoms. The largest absolute Gasteiger partial charge is 0.497 e. The van der Waals surface area contributed by atoms with Crippen LogP contribution in [0.3, 0.4) is 0 Å². The van der Waals surface area contributed by atoms with Gasteiger partial charge in [0.05, 0.1) is 7.11 Å². The highest BCUT2D eigenvalue weighted by atomic mass is 16.5. The first kappa shape index (κ1) is 15.6. The molecule has 2 N–H and O–H groups in total. The van der Waals surface area contributed by atoms with Crippen LogP contribution in [0, 0.1) is 5.92 Å². The quantitative estimate of drug-likeness (QED) is 0.823. The number of rotatable bonds is 7. The van der Waals surface area contributed by atoms with E-state index in [0.717, 1.165) is 25.1 Å². The van der Waals surface area contributed by atoms with Crippen LogP contribution in [0.15, 0.2) is 48.5 Å². The summed E-state index contributed by atoms with van der Waals surface area (Å²) in [5.41, 5.74) is 9.50. The molecule has 0 aliphatic rings. The lowest BCUT2D eigenvalue weighted by atomic mass is 9.96. The van der Waals surface area contributed by atoms with Crippen LogP contribution in [0.2, 0.25) is 0 Å². The highest BCUT2D eigenvalue weighted by molar-refractivity contribution is 5.64. The Hall–Kier alpha value is -1.80. The van der Waals surface area contributed by atoms with Crippen LogP contribution in [0.25, 0.3) is 11.1 Å². The topological polar surface area (TPSA) is 35.2 Å². The van der Waals surface area contributed by atoms with E-state index in [9.17, 15) is 0 Å². The number of methoxy groups -OCH3 is 1. The fraction of sp³-hybridized carbons (Fsp3) is 0.368. The van der Waals surface area contributed by atoms with E-state index in [1.807, 2.05) is 12.1 Å². The third-order valence-corrected chi connectivity index (χ3v) is 3.94. The lowest BCUT2D eigenvalue weighted by Gasteiger charge is -2.11. The third kappa shape index (κ3) is 4.61. The van der Waals surface area contributed by atoms with E-state index < -0.39 is 0 Å². The third-order valence-electron chi connectivity index (χ3n) is 3.94. The highest BCUT2D eigenvalue weighted by Crippen LogP contribution is 2.24. The van der Waals surface area contributed by atoms with Crippen molar-refractivity contribution in [2.24, 2.45) is 11.7 Å². The Morgan fingerprint density at radius 2 is 1.76 bits per heavy atom. The van der Waals surface area contributed by atoms with Gasteiger partial charge in [0.15, 0.2) is 0 Å². The summed E-state index contributed by atoms with van der Waals surface area (Å²) in [4.78, 5) is 0. The van der Waals surface area contributed by atoms with E-state index in [1.165, 1.54) is 23.1 Å². The molecule has 0 amide bonds. The molecule has 0 fully saturated rings. The van der Waals surface area contributed by atoms with Gasteiger partial charge in [-0.2, -0.15) is 0 Å². The Kier molecular flexibility index (Phi) is 5.82. The molecule has 0 aliphatic carbocycles. The van der Waals surface area contributed by atoms with Gasteiger partial charge in [-0.3, -0.25) is 0 Å². The predicted octanol–water partition coefficient (Wildman–Crippen LogP) is 4.28. The summed E-state index contributed by atoms with van der Waals surface area (Å²) in [5.74, 6) is 1.59. The molecule has 0 saturated heterocycles. The Bertz CT molecular complexity index is 548. The molecular formula is C19H25NO. The Morgan fingerprint density at radius 3 is 2.43 bits per heavy atom. The summed E-state index contributed by atoms with van der Waals surface area (Å²) in [7, 11) is 1.69. The lowest BCUT2D eigenvalue weighted by Crippen LogP contribution is -2.06. The van der Waals surface area contributed by atoms with Crippen LogP contribution in [0.1, 0.15) is 25.3 Å². The minimum Gasteiger partial charge on any atom is -0.497 e. The lowest BCUT2D eigenvalue weighted by molar-refractivity contribution is 0.415. The van der Waals surface area contributed by atoms with Crippen molar-refractivity contribution in [2.45, 2.75) is 26.2 Å². The van der Waals surface area contributed by atoms with E-state index in [4.69, 9.17) is 10.5 Å². The average Bonchev–Trinajstić information content (AvgIpc) is 2.54. The summed E-state index contributed by atoms with van der Waals surface area (Å²) in [6.07, 6.45) is 3.42. The molecule has 0 bridgehead atoms. The van der Waals surface area contributed by atoms with Crippen molar-refractivity contribution in [3.05, 3.63) is 54.1 Å². The second-order valence-electron chi connectivity index (χ2n) is 5.65. The van der Waals surface area contributed by atoms with Crippen molar-refractivity contribution < 1.29 is 4.74 Å². The maximum atomic E-state index is 5.61. The normalized spacial score (nSPS) is 12.1. The molecule has 2 aromatic rings. The van der Waals surface area contributed by atoms with Gasteiger partial charge in [0.2, 0.25) is 0 Å². The van der Waals surface area contributed by atoms with E-state index in [0.29, 0.717) is 5.92 Å². The minimum absolute atomic E-state index is 0.694. The molecule has 0 aliphatic heterocycles. The predicted molar refractivity (Wildman–Crippen MR) is 89.6 cm³/mol. The molecule has 112 valence electrons. The van der Waals surface area contributed by atoms with Gasteiger partial charge < -0.3 is 10.5 Å². The van der Waals surface area contributed by atoms with E-state index >= 15 is 0 Å². The van der Waals surface area contributed by atoms with Gasteiger partial charge in [-0.25, -0.2) is 0 Å². The molecule has 2 aromatic carbocycles. The van der Waals surface area contributed by atoms with Crippen LogP contribution in [0.5, 0.6) is 5.75 Å². The average molecular weight is 283 g/mol. The minimum atomic E-state index is 0.694. The van der Waals surface area contributed by atoms with Crippen LogP contribution < -0.4 is 10.5 Å². The van der Waals surface area contributed by atoms with Crippen LogP contribution in [-0.4, -0.2) is 13.7 Å². The molecule has 1 unspecified atom stereocenters. The standard InChI is InChI=1S/C19H25NO/c1-15(12-13-20)6-7-16-4-3-5-18(14-16)17-8-10-19(21-2)11-9-17/h3-5,8-11,14-15H,6-7,12-13,20H2,1-2H3. The fourth-order valence-corrected chi connectivity index (χ4v) is 2.53. The van der Waals surface area contributed by atoms with Gasteiger partial charge in [0.1, 0.15) is 5.75 Å². The smallest absolute Gasteiger partial charge is 0.118 e. The van der Waals surface area contributed by atoms with Gasteiger partial charge >= 0.3 is 0 Å². The maximum absolute atomic E-state index is 5.61. The second-order valence-corrected chi connectivity index (χ2v) is 5.65. The van der Waals surface area contributed by atoms with Crippen LogP contribution in [0.4, 0.5) is 0 Å². The molecule has 2 rings (SSSR count). The summed E-state index contributed by atoms with van der Waals surface area (Å²) in [6, 6.07) is 17.0. The zero-order valence-corrected chi connectivity index (χ0v) is 13.0. The number of hydrogen-bond donors (Lipinski definition) is 1. The van der Waals surface area contributed by atoms with Gasteiger partial charge in [0, 0.05) is 0 Å². The highest BCUT2D eigenvalue weighted by Gasteiger charge is 2.04. The van der Waals surface area contributed by atoms with Crippen molar-refractivity contribution in [1.29, 1.82) is 0 Å². The van der Waals surface area contributed by atoms with Crippen LogP contribution >= 0.6 is 0 Å². The number of hydrogen-bond acceptors (Lipinski definition) is 2. The Balaban J connectivity index is 2.06. The molecule has 0 aromatic heterocycles. The monoisotopic (exact) mass is 283 g/mol. The fourth-order valence-electron chi connectivity index (χ4n) is 2.53. The van der Waals surface area contributed by atoms with E-state index in [-0.39, 0.29) is 0 Å². The van der Waals surface area contributed by atoms with Crippen LogP contribution in [-0.2, 0) is 6.42 Å². The zero-order valence-electron chi connectivity index (χ0n) is 13.0. The molecule has 2 heteroatoms. The summed E-state index contributed by atoms with van der Waals surface area (Å²) in [6.45, 7) is 3.06. The molecule has 21 heavy (non-hydrogen) atoms. The van der Waals surface area contributed by atoms with Crippen molar-refractivity contribution in [3.63, 3.8) is 0 Å². The zero-order chi connectivity index (χ0) is 15.1. The first-order chi connectivity index (χ1) is 10.2. The van der Waals surface area contributed by atoms with E-state index in [2.05, 4.69) is 43.3 Å². The molecule has 0 saturated carbocycles. The molecule has 1 atom stereocenters. The summed E-state index contributed by atoms with van der Waals surface area (Å²) < 4.78 is 5.21. The van der Waals surface area contributed by atoms with Gasteiger partial charge in [-0.05, 0) is 60.5 Å². The molecule has 0 radical (unpaired) electrons. The number of nitrogens with two attached hydrogens (primary N) is 1. The number of aryl methyl sites for hydroxylation is 1. The summed E-state index contributed by atoms with van der Waals surface area (Å²) >= 11 is 0. The van der Waals surface area contributed by atoms with Gasteiger partial charge in [-0.15, -0.1) is 0 Å². The number of benzene rings is 2. The Labute approximate surface area is 127 Å². The van der Waals surface area contributed by atoms with Crippen molar-refractivity contribution in [2.75, 3.05) is 13.7 Å².